The molecule has 0 spiro atoms. The van der Waals surface area contributed by atoms with Crippen molar-refractivity contribution in [2.75, 3.05) is 11.1 Å². The van der Waals surface area contributed by atoms with Crippen LogP contribution in [0, 0.1) is 0 Å². The number of aromatic amines is 1. The average Bonchev–Trinajstić information content (AvgIpc) is 2.63. The first-order valence-electron chi connectivity index (χ1n) is 4.77. The zero-order chi connectivity index (χ0) is 12.4. The van der Waals surface area contributed by atoms with E-state index in [1.54, 1.807) is 24.3 Å². The SMILES string of the molecule is Nc1ccc(NC(=O)c2cc(Cl)c(Cl)[nH]2)cc1. The third-order valence-electron chi connectivity index (χ3n) is 2.14. The van der Waals surface area contributed by atoms with Crippen molar-refractivity contribution in [1.29, 1.82) is 0 Å². The molecule has 0 unspecified atom stereocenters. The van der Waals surface area contributed by atoms with Crippen LogP contribution in [-0.4, -0.2) is 10.9 Å². The van der Waals surface area contributed by atoms with Crippen molar-refractivity contribution in [3.8, 4) is 0 Å². The fraction of sp³-hybridized carbons (Fsp3) is 0. The van der Waals surface area contributed by atoms with E-state index in [2.05, 4.69) is 10.3 Å². The highest BCUT2D eigenvalue weighted by Crippen LogP contribution is 2.22. The number of hydrogen-bond acceptors (Lipinski definition) is 2. The molecule has 0 aliphatic rings. The molecule has 6 heteroatoms. The minimum atomic E-state index is -0.316. The van der Waals surface area contributed by atoms with E-state index in [0.29, 0.717) is 22.1 Å². The molecular formula is C11H9Cl2N3O. The summed E-state index contributed by atoms with van der Waals surface area (Å²) in [7, 11) is 0. The quantitative estimate of drug-likeness (QED) is 0.733. The molecule has 0 saturated heterocycles. The van der Waals surface area contributed by atoms with Crippen LogP contribution >= 0.6 is 23.2 Å². The van der Waals surface area contributed by atoms with Gasteiger partial charge < -0.3 is 16.0 Å². The molecule has 1 amide bonds. The fourth-order valence-corrected chi connectivity index (χ4v) is 1.60. The molecule has 1 aromatic carbocycles. The van der Waals surface area contributed by atoms with Gasteiger partial charge in [-0.3, -0.25) is 4.79 Å². The van der Waals surface area contributed by atoms with Gasteiger partial charge in [0.15, 0.2) is 0 Å². The zero-order valence-electron chi connectivity index (χ0n) is 8.63. The largest absolute Gasteiger partial charge is 0.399 e. The number of H-pyrrole nitrogens is 1. The van der Waals surface area contributed by atoms with Crippen molar-refractivity contribution in [2.24, 2.45) is 0 Å². The predicted molar refractivity (Wildman–Crippen MR) is 69.6 cm³/mol. The van der Waals surface area contributed by atoms with Gasteiger partial charge in [0.05, 0.1) is 5.02 Å². The lowest BCUT2D eigenvalue weighted by molar-refractivity contribution is 0.102. The number of amides is 1. The molecule has 4 nitrogen and oxygen atoms in total. The van der Waals surface area contributed by atoms with Gasteiger partial charge in [0, 0.05) is 11.4 Å². The van der Waals surface area contributed by atoms with E-state index in [1.165, 1.54) is 6.07 Å². The Hall–Kier alpha value is -1.65. The van der Waals surface area contributed by atoms with Gasteiger partial charge in [-0.25, -0.2) is 0 Å². The van der Waals surface area contributed by atoms with Crippen LogP contribution in [-0.2, 0) is 0 Å². The van der Waals surface area contributed by atoms with Crippen LogP contribution in [0.25, 0.3) is 0 Å². The van der Waals surface area contributed by atoms with Crippen LogP contribution in [0.4, 0.5) is 11.4 Å². The number of carbonyl (C=O) groups excluding carboxylic acids is 1. The van der Waals surface area contributed by atoms with Gasteiger partial charge >= 0.3 is 0 Å². The summed E-state index contributed by atoms with van der Waals surface area (Å²) in [5.74, 6) is -0.316. The molecule has 1 heterocycles. The summed E-state index contributed by atoms with van der Waals surface area (Å²) in [4.78, 5) is 14.4. The van der Waals surface area contributed by atoms with Gasteiger partial charge in [-0.2, -0.15) is 0 Å². The Morgan fingerprint density at radius 3 is 2.41 bits per heavy atom. The van der Waals surface area contributed by atoms with E-state index in [-0.39, 0.29) is 11.1 Å². The third kappa shape index (κ3) is 2.72. The first-order valence-corrected chi connectivity index (χ1v) is 5.53. The summed E-state index contributed by atoms with van der Waals surface area (Å²) < 4.78 is 0. The first kappa shape index (κ1) is 11.8. The lowest BCUT2D eigenvalue weighted by Crippen LogP contribution is -2.12. The molecule has 1 aromatic heterocycles. The van der Waals surface area contributed by atoms with Crippen molar-refractivity contribution in [3.05, 3.63) is 46.2 Å². The summed E-state index contributed by atoms with van der Waals surface area (Å²) in [6, 6.07) is 8.28. The number of nitrogens with two attached hydrogens (primary N) is 1. The minimum Gasteiger partial charge on any atom is -0.399 e. The molecule has 0 saturated carbocycles. The van der Waals surface area contributed by atoms with Crippen LogP contribution in [0.3, 0.4) is 0 Å². The Morgan fingerprint density at radius 2 is 1.88 bits per heavy atom. The highest BCUT2D eigenvalue weighted by atomic mass is 35.5. The lowest BCUT2D eigenvalue weighted by Gasteiger charge is -2.03. The van der Waals surface area contributed by atoms with Gasteiger partial charge in [0.1, 0.15) is 10.8 Å². The molecule has 2 rings (SSSR count). The van der Waals surface area contributed by atoms with E-state index < -0.39 is 0 Å². The third-order valence-corrected chi connectivity index (χ3v) is 2.83. The number of benzene rings is 1. The molecule has 88 valence electrons. The van der Waals surface area contributed by atoms with Crippen LogP contribution in [0.1, 0.15) is 10.5 Å². The van der Waals surface area contributed by atoms with E-state index in [0.717, 1.165) is 0 Å². The first-order chi connectivity index (χ1) is 8.06. The van der Waals surface area contributed by atoms with Crippen LogP contribution in [0.5, 0.6) is 0 Å². The van der Waals surface area contributed by atoms with Gasteiger partial charge in [-0.15, -0.1) is 0 Å². The van der Waals surface area contributed by atoms with Crippen molar-refractivity contribution in [3.63, 3.8) is 0 Å². The van der Waals surface area contributed by atoms with Crippen molar-refractivity contribution >= 4 is 40.5 Å². The Morgan fingerprint density at radius 1 is 1.24 bits per heavy atom. The number of anilines is 2. The monoisotopic (exact) mass is 269 g/mol. The fourth-order valence-electron chi connectivity index (χ4n) is 1.29. The molecule has 2 aromatic rings. The van der Waals surface area contributed by atoms with Crippen molar-refractivity contribution < 1.29 is 4.79 Å². The highest BCUT2D eigenvalue weighted by Gasteiger charge is 2.11. The molecule has 4 N–H and O–H groups in total. The highest BCUT2D eigenvalue weighted by molar-refractivity contribution is 6.41. The Labute approximate surface area is 108 Å². The molecule has 0 bridgehead atoms. The van der Waals surface area contributed by atoms with E-state index in [4.69, 9.17) is 28.9 Å². The van der Waals surface area contributed by atoms with Crippen molar-refractivity contribution in [2.45, 2.75) is 0 Å². The van der Waals surface area contributed by atoms with Crippen LogP contribution < -0.4 is 11.1 Å². The maximum Gasteiger partial charge on any atom is 0.272 e. The number of hydrogen-bond donors (Lipinski definition) is 3. The maximum absolute atomic E-state index is 11.8. The summed E-state index contributed by atoms with van der Waals surface area (Å²) >= 11 is 11.5. The van der Waals surface area contributed by atoms with Gasteiger partial charge in [-0.05, 0) is 30.3 Å². The summed E-state index contributed by atoms with van der Waals surface area (Å²) in [5, 5.41) is 3.24. The Balaban J connectivity index is 2.14. The summed E-state index contributed by atoms with van der Waals surface area (Å²) in [5.41, 5.74) is 7.12. The Bertz CT molecular complexity index is 529. The topological polar surface area (TPSA) is 70.9 Å². The van der Waals surface area contributed by atoms with E-state index >= 15 is 0 Å². The van der Waals surface area contributed by atoms with Gasteiger partial charge in [0.2, 0.25) is 0 Å². The second-order valence-electron chi connectivity index (χ2n) is 3.42. The standard InChI is InChI=1S/C11H9Cl2N3O/c12-8-5-9(16-10(8)13)11(17)15-7-3-1-6(14)2-4-7/h1-5,16H,14H2,(H,15,17). The van der Waals surface area contributed by atoms with E-state index in [9.17, 15) is 4.79 Å². The second kappa shape index (κ2) is 4.69. The number of halogens is 2. The molecule has 0 radical (unpaired) electrons. The molecule has 0 atom stereocenters. The molecule has 17 heavy (non-hydrogen) atoms. The number of nitrogen functional groups attached to an aromatic ring is 1. The smallest absolute Gasteiger partial charge is 0.272 e. The van der Waals surface area contributed by atoms with E-state index in [1.807, 2.05) is 0 Å². The summed E-state index contributed by atoms with van der Waals surface area (Å²) in [6.07, 6.45) is 0. The number of aromatic nitrogens is 1. The Kier molecular flexibility index (Phi) is 3.26. The van der Waals surface area contributed by atoms with Crippen LogP contribution in [0.15, 0.2) is 30.3 Å². The van der Waals surface area contributed by atoms with Gasteiger partial charge in [-0.1, -0.05) is 23.2 Å². The van der Waals surface area contributed by atoms with Gasteiger partial charge in [0.25, 0.3) is 5.91 Å². The molecule has 0 aliphatic carbocycles. The maximum atomic E-state index is 11.8. The van der Waals surface area contributed by atoms with Crippen LogP contribution in [0.2, 0.25) is 10.2 Å². The normalized spacial score (nSPS) is 10.2. The average molecular weight is 270 g/mol. The number of nitrogens with one attached hydrogen (secondary N) is 2. The minimum absolute atomic E-state index is 0.245. The lowest BCUT2D eigenvalue weighted by atomic mass is 10.3. The molecular weight excluding hydrogens is 261 g/mol. The number of rotatable bonds is 2. The zero-order valence-corrected chi connectivity index (χ0v) is 10.1. The molecule has 0 aliphatic heterocycles. The molecule has 0 fully saturated rings. The van der Waals surface area contributed by atoms with Crippen molar-refractivity contribution in [1.82, 2.24) is 4.98 Å². The second-order valence-corrected chi connectivity index (χ2v) is 4.21. The summed E-state index contributed by atoms with van der Waals surface area (Å²) in [6.45, 7) is 0. The number of carbonyl (C=O) groups is 1. The predicted octanol–water partition coefficient (Wildman–Crippen LogP) is 3.16.